The molecule has 2 saturated heterocycles. The number of aromatic nitrogens is 3. The van der Waals surface area contributed by atoms with Gasteiger partial charge in [0.05, 0.1) is 24.0 Å². The van der Waals surface area contributed by atoms with Crippen LogP contribution in [0.25, 0.3) is 0 Å². The topological polar surface area (TPSA) is 90.3 Å². The van der Waals surface area contributed by atoms with E-state index in [9.17, 15) is 4.79 Å². The minimum absolute atomic E-state index is 0. The van der Waals surface area contributed by atoms with E-state index in [0.717, 1.165) is 50.9 Å². The number of aryl methyl sites for hydroxylation is 1. The molecule has 0 bridgehead atoms. The Morgan fingerprint density at radius 3 is 2.93 bits per heavy atom. The minimum atomic E-state index is -0.286. The van der Waals surface area contributed by atoms with Crippen molar-refractivity contribution in [2.24, 2.45) is 0 Å². The molecule has 0 aliphatic carbocycles. The minimum Gasteiger partial charge on any atom is -0.489 e. The molecule has 1 aromatic heterocycles. The van der Waals surface area contributed by atoms with Crippen LogP contribution in [-0.2, 0) is 4.74 Å². The smallest absolute Gasteiger partial charge is 0.277 e. The van der Waals surface area contributed by atoms with Crippen molar-refractivity contribution in [1.29, 1.82) is 0 Å². The van der Waals surface area contributed by atoms with Gasteiger partial charge in [0, 0.05) is 6.61 Å². The number of benzene rings is 1. The lowest BCUT2D eigenvalue weighted by molar-refractivity contribution is 0.0681. The lowest BCUT2D eigenvalue weighted by Gasteiger charge is -2.22. The van der Waals surface area contributed by atoms with Crippen molar-refractivity contribution < 1.29 is 14.3 Å². The largest absolute Gasteiger partial charge is 0.489 e. The number of piperidine rings is 1. The number of amides is 1. The Bertz CT molecular complexity index is 816. The second-order valence-electron chi connectivity index (χ2n) is 7.46. The number of carbonyl (C=O) groups excluding carboxylic acids is 1. The molecule has 1 atom stereocenters. The summed E-state index contributed by atoms with van der Waals surface area (Å²) in [4.78, 5) is 12.7. The van der Waals surface area contributed by atoms with E-state index in [2.05, 4.69) is 20.9 Å². The molecule has 8 nitrogen and oxygen atoms in total. The number of nitrogens with zero attached hydrogens (tertiary/aromatic N) is 3. The highest BCUT2D eigenvalue weighted by Gasteiger charge is 2.20. The van der Waals surface area contributed by atoms with Crippen LogP contribution in [0.2, 0.25) is 0 Å². The Labute approximate surface area is 176 Å². The molecular weight excluding hydrogens is 394 g/mol. The van der Waals surface area contributed by atoms with Crippen LogP contribution < -0.4 is 15.4 Å². The third-order valence-electron chi connectivity index (χ3n) is 5.26. The molecule has 1 unspecified atom stereocenters. The Balaban J connectivity index is 0.00000240. The second kappa shape index (κ2) is 10.0. The first-order chi connectivity index (χ1) is 13.7. The summed E-state index contributed by atoms with van der Waals surface area (Å²) in [5.41, 5.74) is 2.01. The maximum absolute atomic E-state index is 12.7. The van der Waals surface area contributed by atoms with Crippen LogP contribution in [0.5, 0.6) is 5.75 Å². The van der Waals surface area contributed by atoms with Gasteiger partial charge in [-0.2, -0.15) is 0 Å². The first-order valence-electron chi connectivity index (χ1n) is 9.98. The van der Waals surface area contributed by atoms with Crippen molar-refractivity contribution in [3.05, 3.63) is 35.7 Å². The van der Waals surface area contributed by atoms with Crippen LogP contribution in [0, 0.1) is 6.92 Å². The summed E-state index contributed by atoms with van der Waals surface area (Å²) in [6.07, 6.45) is 5.90. The van der Waals surface area contributed by atoms with Gasteiger partial charge in [-0.15, -0.1) is 17.5 Å². The number of ether oxygens (including phenoxy) is 2. The van der Waals surface area contributed by atoms with Crippen molar-refractivity contribution in [1.82, 2.24) is 20.3 Å². The lowest BCUT2D eigenvalue weighted by atomic mass is 10.1. The maximum atomic E-state index is 12.7. The zero-order valence-corrected chi connectivity index (χ0v) is 17.4. The molecule has 2 aliphatic heterocycles. The van der Waals surface area contributed by atoms with Gasteiger partial charge in [0.15, 0.2) is 5.69 Å². The molecule has 2 N–H and O–H groups in total. The normalized spacial score (nSPS) is 19.6. The highest BCUT2D eigenvalue weighted by atomic mass is 35.5. The van der Waals surface area contributed by atoms with Gasteiger partial charge in [-0.05, 0) is 63.4 Å². The van der Waals surface area contributed by atoms with E-state index in [1.807, 2.05) is 25.1 Å². The van der Waals surface area contributed by atoms with Gasteiger partial charge < -0.3 is 20.1 Å². The van der Waals surface area contributed by atoms with E-state index in [1.165, 1.54) is 0 Å². The van der Waals surface area contributed by atoms with Gasteiger partial charge in [0.2, 0.25) is 0 Å². The van der Waals surface area contributed by atoms with Crippen LogP contribution in [0.15, 0.2) is 24.4 Å². The zero-order valence-electron chi connectivity index (χ0n) is 16.6. The van der Waals surface area contributed by atoms with Crippen LogP contribution >= 0.6 is 12.4 Å². The van der Waals surface area contributed by atoms with E-state index < -0.39 is 0 Å². The van der Waals surface area contributed by atoms with Gasteiger partial charge >= 0.3 is 0 Å². The molecule has 9 heteroatoms. The van der Waals surface area contributed by atoms with Crippen LogP contribution in [0.1, 0.15) is 47.8 Å². The SMILES string of the molecule is Cc1ccc(NC(=O)c2cn(C3CCNCC3)nn2)c(OCC2CCCO2)c1.Cl. The summed E-state index contributed by atoms with van der Waals surface area (Å²) in [5, 5.41) is 14.5. The van der Waals surface area contributed by atoms with E-state index in [1.54, 1.807) is 10.9 Å². The van der Waals surface area contributed by atoms with E-state index >= 15 is 0 Å². The molecule has 0 spiro atoms. The molecule has 3 heterocycles. The highest BCUT2D eigenvalue weighted by Crippen LogP contribution is 2.27. The van der Waals surface area contributed by atoms with E-state index in [-0.39, 0.29) is 24.4 Å². The second-order valence-corrected chi connectivity index (χ2v) is 7.46. The lowest BCUT2D eigenvalue weighted by Crippen LogP contribution is -2.29. The third kappa shape index (κ3) is 5.46. The Kier molecular flexibility index (Phi) is 7.46. The fourth-order valence-electron chi connectivity index (χ4n) is 3.63. The number of halogens is 1. The average Bonchev–Trinajstić information content (AvgIpc) is 3.41. The van der Waals surface area contributed by atoms with E-state index in [4.69, 9.17) is 9.47 Å². The molecular formula is C20H28ClN5O3. The number of anilines is 1. The Morgan fingerprint density at radius 2 is 2.17 bits per heavy atom. The summed E-state index contributed by atoms with van der Waals surface area (Å²) in [5.74, 6) is 0.362. The van der Waals surface area contributed by atoms with Crippen molar-refractivity contribution in [3.8, 4) is 5.75 Å². The number of hydrogen-bond donors (Lipinski definition) is 2. The molecule has 4 rings (SSSR count). The van der Waals surface area contributed by atoms with Gasteiger partial charge in [-0.25, -0.2) is 4.68 Å². The molecule has 0 saturated carbocycles. The average molecular weight is 422 g/mol. The molecule has 29 heavy (non-hydrogen) atoms. The monoisotopic (exact) mass is 421 g/mol. The molecule has 1 aromatic carbocycles. The molecule has 0 radical (unpaired) electrons. The maximum Gasteiger partial charge on any atom is 0.277 e. The van der Waals surface area contributed by atoms with Crippen molar-refractivity contribution >= 4 is 24.0 Å². The number of nitrogens with one attached hydrogen (secondary N) is 2. The summed E-state index contributed by atoms with van der Waals surface area (Å²) >= 11 is 0. The Morgan fingerprint density at radius 1 is 1.34 bits per heavy atom. The summed E-state index contributed by atoms with van der Waals surface area (Å²) in [6.45, 7) is 5.19. The number of carbonyl (C=O) groups is 1. The van der Waals surface area contributed by atoms with Gasteiger partial charge in [0.1, 0.15) is 12.4 Å². The zero-order chi connectivity index (χ0) is 19.3. The summed E-state index contributed by atoms with van der Waals surface area (Å²) < 4.78 is 13.4. The fourth-order valence-corrected chi connectivity index (χ4v) is 3.63. The number of hydrogen-bond acceptors (Lipinski definition) is 6. The standard InChI is InChI=1S/C20H27N5O3.ClH/c1-14-4-5-17(19(11-14)28-13-16-3-2-10-27-16)22-20(26)18-12-25(24-23-18)15-6-8-21-9-7-15;/h4-5,11-12,15-16,21H,2-3,6-10,13H2,1H3,(H,22,26);1H. The highest BCUT2D eigenvalue weighted by molar-refractivity contribution is 6.03. The van der Waals surface area contributed by atoms with Crippen LogP contribution in [0.4, 0.5) is 5.69 Å². The predicted molar refractivity (Wildman–Crippen MR) is 112 cm³/mol. The molecule has 2 aromatic rings. The van der Waals surface area contributed by atoms with Crippen LogP contribution in [0.3, 0.4) is 0 Å². The predicted octanol–water partition coefficient (Wildman–Crippen LogP) is 2.74. The summed E-state index contributed by atoms with van der Waals surface area (Å²) in [7, 11) is 0. The Hall–Kier alpha value is -2.16. The first-order valence-corrected chi connectivity index (χ1v) is 9.98. The van der Waals surface area contributed by atoms with Gasteiger partial charge in [0.25, 0.3) is 5.91 Å². The molecule has 1 amide bonds. The quantitative estimate of drug-likeness (QED) is 0.745. The van der Waals surface area contributed by atoms with Crippen molar-refractivity contribution in [3.63, 3.8) is 0 Å². The molecule has 158 valence electrons. The van der Waals surface area contributed by atoms with Crippen LogP contribution in [-0.4, -0.2) is 53.3 Å². The first kappa shape index (κ1) is 21.5. The number of rotatable bonds is 6. The fraction of sp³-hybridized carbons (Fsp3) is 0.550. The van der Waals surface area contributed by atoms with Crippen molar-refractivity contribution in [2.45, 2.75) is 44.8 Å². The molecule has 2 aliphatic rings. The van der Waals surface area contributed by atoms with E-state index in [0.29, 0.717) is 29.8 Å². The van der Waals surface area contributed by atoms with Crippen molar-refractivity contribution in [2.75, 3.05) is 31.6 Å². The third-order valence-corrected chi connectivity index (χ3v) is 5.26. The van der Waals surface area contributed by atoms with Gasteiger partial charge in [-0.3, -0.25) is 4.79 Å². The molecule has 2 fully saturated rings. The van der Waals surface area contributed by atoms with Gasteiger partial charge in [-0.1, -0.05) is 11.3 Å². The summed E-state index contributed by atoms with van der Waals surface area (Å²) in [6, 6.07) is 6.02.